The normalized spacial score (nSPS) is 15.2. The van der Waals surface area contributed by atoms with Crippen LogP contribution in [0.5, 0.6) is 0 Å². The lowest BCUT2D eigenvalue weighted by atomic mass is 10.0. The van der Waals surface area contributed by atoms with Gasteiger partial charge in [0.1, 0.15) is 5.57 Å². The molecule has 5 rings (SSSR count). The van der Waals surface area contributed by atoms with E-state index in [1.807, 2.05) is 86.8 Å². The van der Waals surface area contributed by atoms with Gasteiger partial charge in [-0.05, 0) is 67.0 Å². The first kappa shape index (κ1) is 23.0. The SMILES string of the molecule is Cc1cccc(N2C(=O)/C(=C/c3cn(Cc4ccccc4Cl)c4ccccc34)C(=O)NC2=S)c1C. The number of thiocarbonyl (C=S) groups is 1. The summed E-state index contributed by atoms with van der Waals surface area (Å²) < 4.78 is 2.07. The Kier molecular flexibility index (Phi) is 6.01. The molecule has 1 saturated heterocycles. The van der Waals surface area contributed by atoms with Crippen LogP contribution in [0.4, 0.5) is 5.69 Å². The minimum Gasteiger partial charge on any atom is -0.342 e. The van der Waals surface area contributed by atoms with Crippen LogP contribution in [-0.2, 0) is 16.1 Å². The van der Waals surface area contributed by atoms with E-state index < -0.39 is 11.8 Å². The molecule has 0 aliphatic carbocycles. The minimum absolute atomic E-state index is 0.0279. The van der Waals surface area contributed by atoms with Crippen LogP contribution in [0.25, 0.3) is 17.0 Å². The Morgan fingerprint density at radius 2 is 1.71 bits per heavy atom. The van der Waals surface area contributed by atoms with Gasteiger partial charge in [0.25, 0.3) is 11.8 Å². The first-order chi connectivity index (χ1) is 16.8. The molecule has 7 heteroatoms. The predicted octanol–water partition coefficient (Wildman–Crippen LogP) is 5.79. The maximum atomic E-state index is 13.6. The van der Waals surface area contributed by atoms with Crippen LogP contribution in [0, 0.1) is 13.8 Å². The third kappa shape index (κ3) is 4.16. The molecular weight excluding hydrogens is 478 g/mol. The van der Waals surface area contributed by atoms with E-state index in [9.17, 15) is 9.59 Å². The Morgan fingerprint density at radius 3 is 2.51 bits per heavy atom. The van der Waals surface area contributed by atoms with Crippen molar-refractivity contribution in [3.05, 3.63) is 106 Å². The van der Waals surface area contributed by atoms with Crippen LogP contribution in [0.1, 0.15) is 22.3 Å². The van der Waals surface area contributed by atoms with Crippen LogP contribution in [-0.4, -0.2) is 21.5 Å². The molecule has 5 nitrogen and oxygen atoms in total. The van der Waals surface area contributed by atoms with Gasteiger partial charge in [0, 0.05) is 34.2 Å². The van der Waals surface area contributed by atoms with Crippen molar-refractivity contribution in [1.82, 2.24) is 9.88 Å². The second kappa shape index (κ2) is 9.13. The fourth-order valence-electron chi connectivity index (χ4n) is 4.34. The van der Waals surface area contributed by atoms with Crippen LogP contribution in [0.15, 0.2) is 78.5 Å². The highest BCUT2D eigenvalue weighted by molar-refractivity contribution is 7.80. The summed E-state index contributed by atoms with van der Waals surface area (Å²) in [6.45, 7) is 4.46. The Balaban J connectivity index is 1.59. The van der Waals surface area contributed by atoms with Gasteiger partial charge in [-0.2, -0.15) is 0 Å². The topological polar surface area (TPSA) is 54.3 Å². The number of aromatic nitrogens is 1. The lowest BCUT2D eigenvalue weighted by molar-refractivity contribution is -0.122. The lowest BCUT2D eigenvalue weighted by Gasteiger charge is -2.30. The monoisotopic (exact) mass is 499 g/mol. The van der Waals surface area contributed by atoms with Crippen molar-refractivity contribution in [2.24, 2.45) is 0 Å². The number of hydrogen-bond acceptors (Lipinski definition) is 3. The number of carbonyl (C=O) groups excluding carboxylic acids is 2. The summed E-state index contributed by atoms with van der Waals surface area (Å²) in [6.07, 6.45) is 3.58. The molecule has 1 aliphatic heterocycles. The molecule has 0 bridgehead atoms. The molecule has 1 aliphatic rings. The Morgan fingerprint density at radius 1 is 0.971 bits per heavy atom. The average Bonchev–Trinajstić information content (AvgIpc) is 3.18. The van der Waals surface area contributed by atoms with Gasteiger partial charge >= 0.3 is 0 Å². The molecule has 0 radical (unpaired) electrons. The van der Waals surface area contributed by atoms with Gasteiger partial charge < -0.3 is 4.57 Å². The number of anilines is 1. The van der Waals surface area contributed by atoms with Crippen molar-refractivity contribution in [2.45, 2.75) is 20.4 Å². The van der Waals surface area contributed by atoms with Crippen molar-refractivity contribution >= 4 is 63.4 Å². The van der Waals surface area contributed by atoms with Crippen molar-refractivity contribution in [3.8, 4) is 0 Å². The van der Waals surface area contributed by atoms with Gasteiger partial charge in [-0.3, -0.25) is 19.8 Å². The fourth-order valence-corrected chi connectivity index (χ4v) is 4.81. The Bertz CT molecular complexity index is 1550. The van der Waals surface area contributed by atoms with Gasteiger partial charge in [-0.15, -0.1) is 0 Å². The van der Waals surface area contributed by atoms with E-state index in [2.05, 4.69) is 9.88 Å². The summed E-state index contributed by atoms with van der Waals surface area (Å²) in [5.41, 5.74) is 5.36. The molecule has 174 valence electrons. The summed E-state index contributed by atoms with van der Waals surface area (Å²) in [5, 5.41) is 4.37. The lowest BCUT2D eigenvalue weighted by Crippen LogP contribution is -2.54. The van der Waals surface area contributed by atoms with Gasteiger partial charge in [0.05, 0.1) is 5.69 Å². The highest BCUT2D eigenvalue weighted by Gasteiger charge is 2.35. The number of amides is 2. The quantitative estimate of drug-likeness (QED) is 0.219. The second-order valence-electron chi connectivity index (χ2n) is 8.50. The standard InChI is InChI=1S/C28H22ClN3O2S/c1-17-8-7-13-24(18(17)2)32-27(34)22(26(33)30-28(32)35)14-20-16-31(25-12-6-4-10-21(20)25)15-19-9-3-5-11-23(19)29/h3-14,16H,15H2,1-2H3,(H,30,33,35)/b22-14+. The average molecular weight is 500 g/mol. The second-order valence-corrected chi connectivity index (χ2v) is 9.29. The number of carbonyl (C=O) groups is 2. The molecule has 0 saturated carbocycles. The van der Waals surface area contributed by atoms with E-state index in [1.54, 1.807) is 6.08 Å². The summed E-state index contributed by atoms with van der Waals surface area (Å²) in [7, 11) is 0. The highest BCUT2D eigenvalue weighted by atomic mass is 35.5. The van der Waals surface area contributed by atoms with E-state index in [4.69, 9.17) is 23.8 Å². The number of halogens is 1. The summed E-state index contributed by atoms with van der Waals surface area (Å²) in [4.78, 5) is 27.9. The van der Waals surface area contributed by atoms with Crippen LogP contribution < -0.4 is 10.2 Å². The zero-order valence-corrected chi connectivity index (χ0v) is 20.8. The van der Waals surface area contributed by atoms with E-state index in [-0.39, 0.29) is 10.7 Å². The number of para-hydroxylation sites is 1. The molecule has 2 heterocycles. The van der Waals surface area contributed by atoms with Gasteiger partial charge in [0.15, 0.2) is 5.11 Å². The molecule has 1 N–H and O–H groups in total. The third-order valence-electron chi connectivity index (χ3n) is 6.34. The minimum atomic E-state index is -0.510. The van der Waals surface area contributed by atoms with Gasteiger partial charge in [-0.25, -0.2) is 0 Å². The third-order valence-corrected chi connectivity index (χ3v) is 6.99. The summed E-state index contributed by atoms with van der Waals surface area (Å²) in [6, 6.07) is 21.2. The maximum absolute atomic E-state index is 13.6. The van der Waals surface area contributed by atoms with Crippen LogP contribution in [0.3, 0.4) is 0 Å². The van der Waals surface area contributed by atoms with E-state index >= 15 is 0 Å². The first-order valence-corrected chi connectivity index (χ1v) is 11.9. The molecule has 35 heavy (non-hydrogen) atoms. The van der Waals surface area contributed by atoms with Crippen molar-refractivity contribution in [3.63, 3.8) is 0 Å². The molecule has 0 spiro atoms. The van der Waals surface area contributed by atoms with Gasteiger partial charge in [0.2, 0.25) is 0 Å². The Hall–Kier alpha value is -3.74. The molecule has 4 aromatic rings. The van der Waals surface area contributed by atoms with Crippen molar-refractivity contribution in [1.29, 1.82) is 0 Å². The molecule has 0 atom stereocenters. The number of aryl methyl sites for hydroxylation is 1. The molecular formula is C28H22ClN3O2S. The van der Waals surface area contributed by atoms with Gasteiger partial charge in [-0.1, -0.05) is 60.1 Å². The van der Waals surface area contributed by atoms with Crippen molar-refractivity contribution in [2.75, 3.05) is 4.90 Å². The maximum Gasteiger partial charge on any atom is 0.270 e. The molecule has 0 unspecified atom stereocenters. The zero-order valence-electron chi connectivity index (χ0n) is 19.2. The van der Waals surface area contributed by atoms with E-state index in [1.165, 1.54) is 4.90 Å². The molecule has 1 fully saturated rings. The van der Waals surface area contributed by atoms with E-state index in [0.717, 1.165) is 33.2 Å². The number of nitrogens with zero attached hydrogens (tertiary/aromatic N) is 2. The van der Waals surface area contributed by atoms with Crippen LogP contribution >= 0.6 is 23.8 Å². The first-order valence-electron chi connectivity index (χ1n) is 11.1. The smallest absolute Gasteiger partial charge is 0.270 e. The van der Waals surface area contributed by atoms with Crippen LogP contribution in [0.2, 0.25) is 5.02 Å². The fraction of sp³-hybridized carbons (Fsp3) is 0.107. The molecule has 2 amide bonds. The van der Waals surface area contributed by atoms with E-state index in [0.29, 0.717) is 17.3 Å². The molecule has 3 aromatic carbocycles. The predicted molar refractivity (Wildman–Crippen MR) is 145 cm³/mol. The Labute approximate surface area is 213 Å². The number of fused-ring (bicyclic) bond motifs is 1. The summed E-state index contributed by atoms with van der Waals surface area (Å²) >= 11 is 11.8. The zero-order chi connectivity index (χ0) is 24.7. The highest BCUT2D eigenvalue weighted by Crippen LogP contribution is 2.30. The largest absolute Gasteiger partial charge is 0.342 e. The molecule has 1 aromatic heterocycles. The number of benzene rings is 3. The number of hydrogen-bond donors (Lipinski definition) is 1. The van der Waals surface area contributed by atoms with Crippen molar-refractivity contribution < 1.29 is 9.59 Å². The number of nitrogens with one attached hydrogen (secondary N) is 1. The summed E-state index contributed by atoms with van der Waals surface area (Å²) in [5.74, 6) is -0.958. The number of rotatable bonds is 4.